The highest BCUT2D eigenvalue weighted by atomic mass is 32.1. The molecule has 1 fully saturated rings. The molecule has 3 aromatic rings. The first-order valence-electron chi connectivity index (χ1n) is 11.8. The predicted octanol–water partition coefficient (Wildman–Crippen LogP) is 4.51. The fraction of sp³-hybridized carbons (Fsp3) is 0.444. The highest BCUT2D eigenvalue weighted by Crippen LogP contribution is 2.59. The lowest BCUT2D eigenvalue weighted by atomic mass is 9.94. The molecule has 2 heterocycles. The topological polar surface area (TPSA) is 88.0 Å². The van der Waals surface area contributed by atoms with Gasteiger partial charge in [0, 0.05) is 33.8 Å². The molecule has 1 saturated carbocycles. The number of benzene rings is 2. The Bertz CT molecular complexity index is 1200. The summed E-state index contributed by atoms with van der Waals surface area (Å²) in [6.07, 6.45) is -0.326. The summed E-state index contributed by atoms with van der Waals surface area (Å²) in [7, 11) is 0. The third-order valence-corrected chi connectivity index (χ3v) is 7.78. The molecule has 1 aromatic heterocycles. The molecule has 6 nitrogen and oxygen atoms in total. The molecule has 34 heavy (non-hydrogen) atoms. The van der Waals surface area contributed by atoms with Crippen molar-refractivity contribution in [3.8, 4) is 5.75 Å². The van der Waals surface area contributed by atoms with Gasteiger partial charge in [0.15, 0.2) is 0 Å². The van der Waals surface area contributed by atoms with Gasteiger partial charge in [-0.25, -0.2) is 0 Å². The number of rotatable bonds is 10. The molecular formula is C27H31NO5S. The van der Waals surface area contributed by atoms with Crippen molar-refractivity contribution in [1.29, 1.82) is 0 Å². The maximum atomic E-state index is 11.3. The first-order valence-corrected chi connectivity index (χ1v) is 12.6. The Kier molecular flexibility index (Phi) is 6.14. The normalized spacial score (nSPS) is 22.6. The average molecular weight is 482 g/mol. The molecule has 0 amide bonds. The van der Waals surface area contributed by atoms with Crippen molar-refractivity contribution in [3.05, 3.63) is 64.5 Å². The number of hydrogen-bond acceptors (Lipinski definition) is 6. The van der Waals surface area contributed by atoms with E-state index in [4.69, 9.17) is 9.47 Å². The number of carboxylic acid groups (broad SMARTS) is 1. The highest BCUT2D eigenvalue weighted by Gasteiger charge is 2.63. The van der Waals surface area contributed by atoms with E-state index in [0.717, 1.165) is 23.3 Å². The third-order valence-electron chi connectivity index (χ3n) is 6.88. The summed E-state index contributed by atoms with van der Waals surface area (Å²) in [4.78, 5) is 11.3. The van der Waals surface area contributed by atoms with Gasteiger partial charge in [0.25, 0.3) is 0 Å². The lowest BCUT2D eigenvalue weighted by molar-refractivity contribution is -0.139. The molecule has 5 atom stereocenters. The number of fused-ring (bicyclic) bond motifs is 4. The Hall–Kier alpha value is -2.45. The number of para-hydroxylation sites is 1. The average Bonchev–Trinajstić information content (AvgIpc) is 3.12. The third kappa shape index (κ3) is 4.58. The van der Waals surface area contributed by atoms with Gasteiger partial charge in [-0.1, -0.05) is 30.3 Å². The Balaban J connectivity index is 1.12. The number of aliphatic hydroxyl groups excluding tert-OH is 1. The Morgan fingerprint density at radius 2 is 2.09 bits per heavy atom. The lowest BCUT2D eigenvalue weighted by Gasteiger charge is -2.28. The second-order valence-corrected chi connectivity index (χ2v) is 11.0. The summed E-state index contributed by atoms with van der Waals surface area (Å²) in [5.74, 6) is -0.556. The van der Waals surface area contributed by atoms with Crippen LogP contribution < -0.4 is 10.1 Å². The van der Waals surface area contributed by atoms with Gasteiger partial charge in [0.1, 0.15) is 17.8 Å². The first kappa shape index (κ1) is 23.3. The van der Waals surface area contributed by atoms with Crippen molar-refractivity contribution < 1.29 is 24.5 Å². The first-order chi connectivity index (χ1) is 16.2. The van der Waals surface area contributed by atoms with E-state index in [9.17, 15) is 15.0 Å². The number of aliphatic hydroxyl groups is 1. The summed E-state index contributed by atoms with van der Waals surface area (Å²) >= 11 is 1.75. The van der Waals surface area contributed by atoms with Crippen LogP contribution in [-0.4, -0.2) is 47.1 Å². The van der Waals surface area contributed by atoms with E-state index in [2.05, 4.69) is 48.8 Å². The largest absolute Gasteiger partial charge is 0.488 e. The van der Waals surface area contributed by atoms with Gasteiger partial charge in [-0.3, -0.25) is 4.79 Å². The number of β-amino-alcohol motifs (C(OH)–C–C–N with tert-alkyl or cyclic N) is 1. The Morgan fingerprint density at radius 1 is 1.26 bits per heavy atom. The zero-order valence-corrected chi connectivity index (χ0v) is 20.5. The molecule has 3 N–H and O–H groups in total. The van der Waals surface area contributed by atoms with Gasteiger partial charge in [0.05, 0.1) is 18.8 Å². The summed E-state index contributed by atoms with van der Waals surface area (Å²) in [6, 6.07) is 14.5. The van der Waals surface area contributed by atoms with Crippen molar-refractivity contribution >= 4 is 27.4 Å². The molecular weight excluding hydrogens is 450 g/mol. The molecule has 5 rings (SSSR count). The zero-order chi connectivity index (χ0) is 24.0. The van der Waals surface area contributed by atoms with Gasteiger partial charge >= 0.3 is 5.97 Å². The fourth-order valence-corrected chi connectivity index (χ4v) is 5.79. The molecule has 0 saturated heterocycles. The number of hydrogen-bond donors (Lipinski definition) is 3. The number of aliphatic carboxylic acids is 1. The predicted molar refractivity (Wildman–Crippen MR) is 133 cm³/mol. The zero-order valence-electron chi connectivity index (χ0n) is 19.7. The maximum absolute atomic E-state index is 11.3. The van der Waals surface area contributed by atoms with E-state index in [1.165, 1.54) is 15.6 Å². The molecule has 1 aliphatic carbocycles. The molecule has 180 valence electrons. The van der Waals surface area contributed by atoms with E-state index < -0.39 is 18.0 Å². The number of ether oxygens (including phenoxy) is 2. The molecule has 7 heteroatoms. The van der Waals surface area contributed by atoms with Crippen LogP contribution in [0, 0.1) is 5.92 Å². The van der Waals surface area contributed by atoms with Crippen LogP contribution >= 0.6 is 11.3 Å². The number of carbonyl (C=O) groups is 1. The molecule has 2 aliphatic rings. The summed E-state index contributed by atoms with van der Waals surface area (Å²) < 4.78 is 13.2. The molecule has 0 radical (unpaired) electrons. The highest BCUT2D eigenvalue weighted by molar-refractivity contribution is 7.17. The molecule has 0 spiro atoms. The van der Waals surface area contributed by atoms with Crippen molar-refractivity contribution in [3.63, 3.8) is 0 Å². The summed E-state index contributed by atoms with van der Waals surface area (Å²) in [6.45, 7) is 6.83. The number of nitrogens with one attached hydrogen (secondary N) is 1. The smallest absolute Gasteiger partial charge is 0.311 e. The van der Waals surface area contributed by atoms with Gasteiger partial charge < -0.3 is 25.0 Å². The van der Waals surface area contributed by atoms with Crippen LogP contribution in [0.1, 0.15) is 49.5 Å². The van der Waals surface area contributed by atoms with Crippen LogP contribution in [-0.2, 0) is 16.0 Å². The van der Waals surface area contributed by atoms with Crippen molar-refractivity contribution in [2.24, 2.45) is 5.92 Å². The minimum atomic E-state index is -0.805. The van der Waals surface area contributed by atoms with E-state index in [0.29, 0.717) is 6.54 Å². The van der Waals surface area contributed by atoms with Gasteiger partial charge in [0.2, 0.25) is 0 Å². The van der Waals surface area contributed by atoms with Crippen LogP contribution in [0.5, 0.6) is 5.75 Å². The Labute approximate surface area is 203 Å². The van der Waals surface area contributed by atoms with Crippen LogP contribution in [0.4, 0.5) is 0 Å². The minimum Gasteiger partial charge on any atom is -0.488 e. The van der Waals surface area contributed by atoms with Gasteiger partial charge in [-0.15, -0.1) is 11.3 Å². The van der Waals surface area contributed by atoms with Gasteiger partial charge in [-0.2, -0.15) is 0 Å². The monoisotopic (exact) mass is 481 g/mol. The van der Waals surface area contributed by atoms with E-state index in [1.807, 2.05) is 25.1 Å². The van der Waals surface area contributed by atoms with Crippen molar-refractivity contribution in [1.82, 2.24) is 5.32 Å². The van der Waals surface area contributed by atoms with Crippen LogP contribution in [0.25, 0.3) is 10.1 Å². The van der Waals surface area contributed by atoms with E-state index >= 15 is 0 Å². The van der Waals surface area contributed by atoms with Crippen LogP contribution in [0.15, 0.2) is 47.8 Å². The Morgan fingerprint density at radius 3 is 2.88 bits per heavy atom. The molecule has 2 aromatic carbocycles. The maximum Gasteiger partial charge on any atom is 0.311 e. The van der Waals surface area contributed by atoms with Crippen LogP contribution in [0.2, 0.25) is 0 Å². The second kappa shape index (κ2) is 8.96. The number of carboxylic acids is 1. The van der Waals surface area contributed by atoms with Crippen molar-refractivity contribution in [2.75, 3.05) is 13.2 Å². The number of thiophene rings is 1. The van der Waals surface area contributed by atoms with E-state index in [-0.39, 0.29) is 30.3 Å². The second-order valence-electron chi connectivity index (χ2n) is 10.1. The summed E-state index contributed by atoms with van der Waals surface area (Å²) in [5, 5.41) is 26.7. The quantitative estimate of drug-likeness (QED) is 0.395. The van der Waals surface area contributed by atoms with Crippen LogP contribution in [0.3, 0.4) is 0 Å². The standard InChI is InChI=1S/C27H31NO5S/c1-15(19-5-4-6-20-22-23(26(30)31)25(22)33-24(19)20)32-14-18(29)13-28-27(2,3)12-16-7-8-21-17(11-16)9-10-34-21/h4-11,15,18,22-23,25,28-29H,12-14H2,1-3H3,(H,30,31)/t15-,18-,22-,23-,25-/m1/s1. The summed E-state index contributed by atoms with van der Waals surface area (Å²) in [5.41, 5.74) is 2.95. The lowest BCUT2D eigenvalue weighted by Crippen LogP contribution is -2.46. The minimum absolute atomic E-state index is 0.0582. The SMILES string of the molecule is C[C@@H](OC[C@H](O)CNC(C)(C)Cc1ccc2sccc2c1)c1cccc2c1O[C@H]1[C@H](C(=O)O)[C@@H]21. The molecule has 1 aliphatic heterocycles. The fourth-order valence-electron chi connectivity index (χ4n) is 5.02. The van der Waals surface area contributed by atoms with Crippen molar-refractivity contribution in [2.45, 2.75) is 57.0 Å². The molecule has 0 bridgehead atoms. The van der Waals surface area contributed by atoms with Gasteiger partial charge in [-0.05, 0) is 55.7 Å². The van der Waals surface area contributed by atoms with E-state index in [1.54, 1.807) is 11.3 Å². The molecule has 0 unspecified atom stereocenters.